The molecule has 0 aliphatic carbocycles. The lowest BCUT2D eigenvalue weighted by Gasteiger charge is -2.53. The van der Waals surface area contributed by atoms with Crippen LogP contribution < -0.4 is 15.8 Å². The molecule has 0 saturated carbocycles. The lowest BCUT2D eigenvalue weighted by molar-refractivity contribution is 0.102. The molecule has 3 heterocycles. The molecule has 0 spiro atoms. The fraction of sp³-hybridized carbons (Fsp3) is 0.389. The summed E-state index contributed by atoms with van der Waals surface area (Å²) in [5, 5.41) is 2.51. The SMILES string of the molecule is COc1cnc(C(=O)Nc2cc([C@]3(C)CS(O)(O)C(C)(C)C(N)=N3)c(F)cn2)cn1. The first-order valence-electron chi connectivity index (χ1n) is 8.84. The number of carbonyl (C=O) groups excluding carboxylic acids is 1. The molecule has 1 aliphatic rings. The van der Waals surface area contributed by atoms with Crippen LogP contribution >= 0.6 is 10.6 Å². The minimum Gasteiger partial charge on any atom is -0.480 e. The van der Waals surface area contributed by atoms with E-state index in [0.717, 1.165) is 6.20 Å². The third-order valence-corrected chi connectivity index (χ3v) is 7.84. The molecule has 0 radical (unpaired) electrons. The van der Waals surface area contributed by atoms with E-state index >= 15 is 0 Å². The average Bonchev–Trinajstić information content (AvgIpc) is 2.67. The quantitative estimate of drug-likeness (QED) is 0.567. The molecule has 1 aliphatic heterocycles. The normalized spacial score (nSPS) is 23.2. The van der Waals surface area contributed by atoms with E-state index in [9.17, 15) is 18.3 Å². The van der Waals surface area contributed by atoms with E-state index in [2.05, 4.69) is 25.3 Å². The van der Waals surface area contributed by atoms with Crippen LogP contribution in [0.5, 0.6) is 5.88 Å². The number of aromatic nitrogens is 3. The maximum absolute atomic E-state index is 14.6. The first kappa shape index (κ1) is 21.9. The Labute approximate surface area is 174 Å². The number of aliphatic imine (C=N–C) groups is 1. The predicted molar refractivity (Wildman–Crippen MR) is 112 cm³/mol. The van der Waals surface area contributed by atoms with Crippen LogP contribution in [0.4, 0.5) is 10.2 Å². The summed E-state index contributed by atoms with van der Waals surface area (Å²) in [4.78, 5) is 28.5. The molecule has 0 saturated heterocycles. The summed E-state index contributed by atoms with van der Waals surface area (Å²) in [5.41, 5.74) is 4.66. The number of amides is 1. The van der Waals surface area contributed by atoms with Gasteiger partial charge in [0.05, 0.1) is 31.5 Å². The molecule has 12 heteroatoms. The zero-order valence-corrected chi connectivity index (χ0v) is 17.7. The van der Waals surface area contributed by atoms with E-state index in [-0.39, 0.29) is 34.5 Å². The standard InChI is InChI=1S/C18H23FN6O4S/c1-17(2)16(20)25-18(3,9-30(17,27)28)10-5-13(22-6-11(10)19)24-15(26)12-7-23-14(29-4)8-21-12/h5-8,27-28H,9H2,1-4H3,(H2,20,25)(H,22,24,26)/t18-/m0/s1. The fourth-order valence-electron chi connectivity index (χ4n) is 2.95. The van der Waals surface area contributed by atoms with Crippen molar-refractivity contribution in [2.45, 2.75) is 31.1 Å². The highest BCUT2D eigenvalue weighted by Gasteiger charge is 2.49. The monoisotopic (exact) mass is 438 g/mol. The van der Waals surface area contributed by atoms with E-state index in [4.69, 9.17) is 10.5 Å². The number of carbonyl (C=O) groups is 1. The highest BCUT2D eigenvalue weighted by molar-refractivity contribution is 8.26. The summed E-state index contributed by atoms with van der Waals surface area (Å²) >= 11 is 0. The number of methoxy groups -OCH3 is 1. The number of hydrogen-bond acceptors (Lipinski definition) is 9. The summed E-state index contributed by atoms with van der Waals surface area (Å²) in [6, 6.07) is 1.29. The number of pyridine rings is 1. The minimum absolute atomic E-state index is 0.00513. The van der Waals surface area contributed by atoms with Gasteiger partial charge in [-0.1, -0.05) is 0 Å². The van der Waals surface area contributed by atoms with Crippen LogP contribution in [-0.4, -0.2) is 53.4 Å². The van der Waals surface area contributed by atoms with Gasteiger partial charge in [0.2, 0.25) is 5.88 Å². The van der Waals surface area contributed by atoms with Crippen molar-refractivity contribution >= 4 is 28.2 Å². The van der Waals surface area contributed by atoms with E-state index < -0.39 is 32.6 Å². The van der Waals surface area contributed by atoms with Crippen LogP contribution in [0.2, 0.25) is 0 Å². The Morgan fingerprint density at radius 3 is 2.50 bits per heavy atom. The third-order valence-electron chi connectivity index (χ3n) is 5.03. The Kier molecular flexibility index (Phi) is 5.43. The van der Waals surface area contributed by atoms with Crippen molar-refractivity contribution in [2.75, 3.05) is 18.2 Å². The highest BCUT2D eigenvalue weighted by atomic mass is 32.3. The van der Waals surface area contributed by atoms with Crippen LogP contribution in [0.3, 0.4) is 0 Å². The van der Waals surface area contributed by atoms with Gasteiger partial charge in [-0.2, -0.15) is 10.6 Å². The first-order valence-corrected chi connectivity index (χ1v) is 10.6. The topological polar surface area (TPSA) is 156 Å². The number of hydrogen-bond donors (Lipinski definition) is 4. The summed E-state index contributed by atoms with van der Waals surface area (Å²) in [6.45, 7) is 4.69. The maximum Gasteiger partial charge on any atom is 0.277 e. The van der Waals surface area contributed by atoms with Crippen molar-refractivity contribution in [1.29, 1.82) is 0 Å². The Morgan fingerprint density at radius 2 is 1.93 bits per heavy atom. The molecule has 0 bridgehead atoms. The van der Waals surface area contributed by atoms with Crippen molar-refractivity contribution in [1.82, 2.24) is 15.0 Å². The number of ether oxygens (including phenoxy) is 1. The molecule has 1 atom stereocenters. The predicted octanol–water partition coefficient (Wildman–Crippen LogP) is 2.39. The molecule has 3 rings (SSSR count). The van der Waals surface area contributed by atoms with Gasteiger partial charge in [0.1, 0.15) is 33.5 Å². The first-order chi connectivity index (χ1) is 13.9. The van der Waals surface area contributed by atoms with Crippen molar-refractivity contribution in [3.8, 4) is 5.88 Å². The second kappa shape index (κ2) is 7.45. The van der Waals surface area contributed by atoms with Gasteiger partial charge < -0.3 is 15.8 Å². The second-order valence-electron chi connectivity index (χ2n) is 7.54. The molecule has 10 nitrogen and oxygen atoms in total. The maximum atomic E-state index is 14.6. The number of nitrogens with two attached hydrogens (primary N) is 1. The molecule has 30 heavy (non-hydrogen) atoms. The molecule has 5 N–H and O–H groups in total. The molecule has 162 valence electrons. The van der Waals surface area contributed by atoms with Gasteiger partial charge in [0.25, 0.3) is 5.91 Å². The fourth-order valence-corrected chi connectivity index (χ4v) is 4.69. The molecule has 0 unspecified atom stereocenters. The Bertz CT molecular complexity index is 1010. The molecule has 1 amide bonds. The zero-order valence-electron chi connectivity index (χ0n) is 16.9. The number of anilines is 1. The van der Waals surface area contributed by atoms with Gasteiger partial charge in [-0.25, -0.2) is 19.3 Å². The molecule has 2 aromatic rings. The van der Waals surface area contributed by atoms with Gasteiger partial charge in [0, 0.05) is 5.56 Å². The van der Waals surface area contributed by atoms with Gasteiger partial charge in [-0.05, 0) is 26.8 Å². The van der Waals surface area contributed by atoms with Gasteiger partial charge >= 0.3 is 0 Å². The van der Waals surface area contributed by atoms with Crippen LogP contribution in [-0.2, 0) is 5.54 Å². The van der Waals surface area contributed by atoms with Gasteiger partial charge in [0.15, 0.2) is 0 Å². The number of rotatable bonds is 4. The molecular weight excluding hydrogens is 415 g/mol. The largest absolute Gasteiger partial charge is 0.480 e. The number of nitrogens with one attached hydrogen (secondary N) is 1. The van der Waals surface area contributed by atoms with Crippen molar-refractivity contribution in [3.05, 3.63) is 41.7 Å². The van der Waals surface area contributed by atoms with Crippen LogP contribution in [0.25, 0.3) is 0 Å². The number of amidine groups is 1. The third kappa shape index (κ3) is 3.80. The summed E-state index contributed by atoms with van der Waals surface area (Å²) < 4.78 is 39.6. The van der Waals surface area contributed by atoms with Crippen LogP contribution in [0.1, 0.15) is 36.8 Å². The van der Waals surface area contributed by atoms with Crippen molar-refractivity contribution < 1.29 is 23.0 Å². The average molecular weight is 438 g/mol. The summed E-state index contributed by atoms with van der Waals surface area (Å²) in [7, 11) is -1.81. The minimum atomic E-state index is -3.23. The van der Waals surface area contributed by atoms with Crippen molar-refractivity contribution in [3.63, 3.8) is 0 Å². The summed E-state index contributed by atoms with van der Waals surface area (Å²) in [6.07, 6.45) is 3.43. The van der Waals surface area contributed by atoms with E-state index in [1.165, 1.54) is 25.6 Å². The number of nitrogens with zero attached hydrogens (tertiary/aromatic N) is 4. The van der Waals surface area contributed by atoms with E-state index in [1.54, 1.807) is 20.8 Å². The molecule has 0 fully saturated rings. The lowest BCUT2D eigenvalue weighted by Crippen LogP contribution is -2.52. The highest BCUT2D eigenvalue weighted by Crippen LogP contribution is 2.59. The Balaban J connectivity index is 1.93. The zero-order chi connectivity index (χ0) is 22.3. The van der Waals surface area contributed by atoms with E-state index in [1.807, 2.05) is 0 Å². The van der Waals surface area contributed by atoms with Crippen molar-refractivity contribution in [2.24, 2.45) is 10.7 Å². The Morgan fingerprint density at radius 1 is 1.23 bits per heavy atom. The Hall–Kier alpha value is -2.83. The van der Waals surface area contributed by atoms with E-state index in [0.29, 0.717) is 0 Å². The van der Waals surface area contributed by atoms with Crippen LogP contribution in [0.15, 0.2) is 29.6 Å². The summed E-state index contributed by atoms with van der Waals surface area (Å²) in [5.74, 6) is -1.27. The number of halogens is 1. The van der Waals surface area contributed by atoms with Gasteiger partial charge in [-0.15, -0.1) is 0 Å². The molecular formula is C18H23FN6O4S. The lowest BCUT2D eigenvalue weighted by atomic mass is 9.94. The molecule has 0 aromatic carbocycles. The van der Waals surface area contributed by atoms with Crippen LogP contribution in [0, 0.1) is 5.82 Å². The second-order valence-corrected chi connectivity index (χ2v) is 10.2. The smallest absolute Gasteiger partial charge is 0.277 e. The van der Waals surface area contributed by atoms with Gasteiger partial charge in [-0.3, -0.25) is 18.9 Å². The molecule has 2 aromatic heterocycles.